The molecular formula is C26H25FN4O3. The number of halogens is 1. The molecule has 0 spiro atoms. The molecule has 0 atom stereocenters. The standard InChI is InChI=1S/C26H25FN4O3/c1-34-24(32)10-5-14-30-26(33)22-11-12-23(21-9-3-2-7-19(21)17-28)31-25(22)29-15-13-18-6-4-8-20(27)16-18/h2-4,6-9,11-12,16H,5,10,13-15H2,1H3,(H,29,31)(H,30,33). The molecule has 0 aliphatic heterocycles. The van der Waals surface area contributed by atoms with Crippen molar-refractivity contribution in [3.63, 3.8) is 0 Å². The lowest BCUT2D eigenvalue weighted by atomic mass is 10.0. The van der Waals surface area contributed by atoms with Crippen LogP contribution in [-0.4, -0.2) is 37.1 Å². The number of pyridine rings is 1. The fraction of sp³-hybridized carbons (Fsp3) is 0.231. The van der Waals surface area contributed by atoms with Crippen LogP contribution in [0.25, 0.3) is 11.3 Å². The van der Waals surface area contributed by atoms with E-state index in [2.05, 4.69) is 26.4 Å². The Balaban J connectivity index is 1.79. The number of methoxy groups -OCH3 is 1. The number of nitrogens with zero attached hydrogens (tertiary/aromatic N) is 2. The maximum Gasteiger partial charge on any atom is 0.305 e. The molecule has 2 aromatic carbocycles. The number of nitrogens with one attached hydrogen (secondary N) is 2. The summed E-state index contributed by atoms with van der Waals surface area (Å²) in [6, 6.07) is 18.9. The van der Waals surface area contributed by atoms with Crippen molar-refractivity contribution in [1.29, 1.82) is 5.26 Å². The van der Waals surface area contributed by atoms with Crippen molar-refractivity contribution < 1.29 is 18.7 Å². The predicted molar refractivity (Wildman–Crippen MR) is 127 cm³/mol. The van der Waals surface area contributed by atoms with Crippen LogP contribution in [0.15, 0.2) is 60.7 Å². The Bertz CT molecular complexity index is 1210. The van der Waals surface area contributed by atoms with E-state index in [9.17, 15) is 19.2 Å². The first-order chi connectivity index (χ1) is 16.5. The summed E-state index contributed by atoms with van der Waals surface area (Å²) in [5.41, 5.74) is 2.82. The molecule has 0 aliphatic carbocycles. The molecule has 0 aliphatic rings. The first kappa shape index (κ1) is 24.4. The highest BCUT2D eigenvalue weighted by atomic mass is 19.1. The number of esters is 1. The minimum Gasteiger partial charge on any atom is -0.469 e. The summed E-state index contributed by atoms with van der Waals surface area (Å²) in [5.74, 6) is -0.633. The summed E-state index contributed by atoms with van der Waals surface area (Å²) in [6.45, 7) is 0.720. The number of amides is 1. The molecule has 1 heterocycles. The van der Waals surface area contributed by atoms with Crippen molar-refractivity contribution in [2.24, 2.45) is 0 Å². The number of aromatic nitrogens is 1. The second kappa shape index (κ2) is 12.1. The van der Waals surface area contributed by atoms with Gasteiger partial charge in [0.1, 0.15) is 11.6 Å². The Labute approximate surface area is 197 Å². The summed E-state index contributed by atoms with van der Waals surface area (Å²) in [5, 5.41) is 15.4. The number of hydrogen-bond donors (Lipinski definition) is 2. The smallest absolute Gasteiger partial charge is 0.305 e. The SMILES string of the molecule is COC(=O)CCCNC(=O)c1ccc(-c2ccccc2C#N)nc1NCCc1cccc(F)c1. The van der Waals surface area contributed by atoms with Crippen molar-refractivity contribution in [2.75, 3.05) is 25.5 Å². The molecule has 1 amide bonds. The summed E-state index contributed by atoms with van der Waals surface area (Å²) in [4.78, 5) is 28.7. The van der Waals surface area contributed by atoms with E-state index in [4.69, 9.17) is 0 Å². The van der Waals surface area contributed by atoms with Crippen LogP contribution in [0.3, 0.4) is 0 Å². The molecule has 0 bridgehead atoms. The third-order valence-corrected chi connectivity index (χ3v) is 5.13. The maximum atomic E-state index is 13.5. The van der Waals surface area contributed by atoms with Gasteiger partial charge in [-0.15, -0.1) is 0 Å². The minimum atomic E-state index is -0.342. The van der Waals surface area contributed by atoms with E-state index in [1.54, 1.807) is 36.4 Å². The second-order valence-electron chi connectivity index (χ2n) is 7.49. The lowest BCUT2D eigenvalue weighted by molar-refractivity contribution is -0.140. The third-order valence-electron chi connectivity index (χ3n) is 5.13. The number of carbonyl (C=O) groups is 2. The van der Waals surface area contributed by atoms with Crippen LogP contribution < -0.4 is 10.6 Å². The maximum absolute atomic E-state index is 13.5. The highest BCUT2D eigenvalue weighted by molar-refractivity contribution is 5.99. The zero-order valence-electron chi connectivity index (χ0n) is 18.8. The van der Waals surface area contributed by atoms with Crippen LogP contribution in [0, 0.1) is 17.1 Å². The summed E-state index contributed by atoms with van der Waals surface area (Å²) in [7, 11) is 1.32. The average Bonchev–Trinajstić information content (AvgIpc) is 2.86. The predicted octanol–water partition coefficient (Wildman–Crippen LogP) is 4.10. The van der Waals surface area contributed by atoms with Gasteiger partial charge in [-0.2, -0.15) is 5.26 Å². The molecular weight excluding hydrogens is 435 g/mol. The van der Waals surface area contributed by atoms with E-state index < -0.39 is 0 Å². The molecule has 7 nitrogen and oxygen atoms in total. The van der Waals surface area contributed by atoms with Gasteiger partial charge in [0.15, 0.2) is 0 Å². The van der Waals surface area contributed by atoms with Gasteiger partial charge in [0.25, 0.3) is 5.91 Å². The second-order valence-corrected chi connectivity index (χ2v) is 7.49. The van der Waals surface area contributed by atoms with Gasteiger partial charge in [-0.3, -0.25) is 9.59 Å². The van der Waals surface area contributed by atoms with Gasteiger partial charge < -0.3 is 15.4 Å². The number of anilines is 1. The van der Waals surface area contributed by atoms with Gasteiger partial charge >= 0.3 is 5.97 Å². The molecule has 2 N–H and O–H groups in total. The van der Waals surface area contributed by atoms with Gasteiger partial charge in [-0.05, 0) is 48.7 Å². The first-order valence-electron chi connectivity index (χ1n) is 10.9. The molecule has 3 aromatic rings. The van der Waals surface area contributed by atoms with Crippen molar-refractivity contribution in [2.45, 2.75) is 19.3 Å². The topological polar surface area (TPSA) is 104 Å². The largest absolute Gasteiger partial charge is 0.469 e. The molecule has 174 valence electrons. The van der Waals surface area contributed by atoms with Gasteiger partial charge in [0.05, 0.1) is 30.0 Å². The molecule has 0 saturated carbocycles. The highest BCUT2D eigenvalue weighted by Gasteiger charge is 2.16. The number of nitriles is 1. The Hall–Kier alpha value is -4.25. The molecule has 0 fully saturated rings. The lowest BCUT2D eigenvalue weighted by Gasteiger charge is -2.14. The van der Waals surface area contributed by atoms with E-state index >= 15 is 0 Å². The van der Waals surface area contributed by atoms with Crippen molar-refractivity contribution >= 4 is 17.7 Å². The van der Waals surface area contributed by atoms with Crippen LogP contribution in [-0.2, 0) is 16.0 Å². The van der Waals surface area contributed by atoms with Crippen LogP contribution >= 0.6 is 0 Å². The molecule has 0 unspecified atom stereocenters. The Morgan fingerprint density at radius 3 is 2.68 bits per heavy atom. The van der Waals surface area contributed by atoms with Gasteiger partial charge in [0, 0.05) is 25.1 Å². The van der Waals surface area contributed by atoms with Crippen molar-refractivity contribution in [3.05, 3.63) is 83.2 Å². The minimum absolute atomic E-state index is 0.206. The summed E-state index contributed by atoms with van der Waals surface area (Å²) in [6.07, 6.45) is 1.18. The van der Waals surface area contributed by atoms with E-state index in [1.807, 2.05) is 12.1 Å². The molecule has 34 heavy (non-hydrogen) atoms. The van der Waals surface area contributed by atoms with Crippen LogP contribution in [0.5, 0.6) is 0 Å². The van der Waals surface area contributed by atoms with E-state index in [-0.39, 0.29) is 24.1 Å². The van der Waals surface area contributed by atoms with Crippen LogP contribution in [0.4, 0.5) is 10.2 Å². The zero-order valence-corrected chi connectivity index (χ0v) is 18.8. The van der Waals surface area contributed by atoms with Crippen molar-refractivity contribution in [1.82, 2.24) is 10.3 Å². The molecule has 0 radical (unpaired) electrons. The van der Waals surface area contributed by atoms with Crippen LogP contribution in [0.2, 0.25) is 0 Å². The van der Waals surface area contributed by atoms with Crippen molar-refractivity contribution in [3.8, 4) is 17.3 Å². The van der Waals surface area contributed by atoms with E-state index in [0.717, 1.165) is 5.56 Å². The molecule has 8 heteroatoms. The fourth-order valence-electron chi connectivity index (χ4n) is 3.38. The number of benzene rings is 2. The summed E-state index contributed by atoms with van der Waals surface area (Å²) < 4.78 is 18.1. The van der Waals surface area contributed by atoms with Gasteiger partial charge in [-0.25, -0.2) is 9.37 Å². The van der Waals surface area contributed by atoms with Gasteiger partial charge in [0.2, 0.25) is 0 Å². The first-order valence-corrected chi connectivity index (χ1v) is 10.9. The quantitative estimate of drug-likeness (QED) is 0.349. The Morgan fingerprint density at radius 1 is 1.09 bits per heavy atom. The highest BCUT2D eigenvalue weighted by Crippen LogP contribution is 2.25. The van der Waals surface area contributed by atoms with Gasteiger partial charge in [-0.1, -0.05) is 30.3 Å². The average molecular weight is 461 g/mol. The molecule has 1 aromatic heterocycles. The third kappa shape index (κ3) is 6.62. The van der Waals surface area contributed by atoms with Crippen LogP contribution in [0.1, 0.15) is 34.3 Å². The molecule has 0 saturated heterocycles. The van der Waals surface area contributed by atoms with E-state index in [0.29, 0.717) is 54.1 Å². The Kier molecular flexibility index (Phi) is 8.69. The zero-order chi connectivity index (χ0) is 24.3. The number of hydrogen-bond acceptors (Lipinski definition) is 6. The van der Waals surface area contributed by atoms with E-state index in [1.165, 1.54) is 19.2 Å². The molecule has 3 rings (SSSR count). The summed E-state index contributed by atoms with van der Waals surface area (Å²) >= 11 is 0. The normalized spacial score (nSPS) is 10.3. The Morgan fingerprint density at radius 2 is 1.91 bits per heavy atom. The number of ether oxygens (including phenoxy) is 1. The lowest BCUT2D eigenvalue weighted by Crippen LogP contribution is -2.26. The number of carbonyl (C=O) groups excluding carboxylic acids is 2. The fourth-order valence-corrected chi connectivity index (χ4v) is 3.38. The monoisotopic (exact) mass is 460 g/mol. The number of rotatable bonds is 10.